The molecule has 2 aromatic carbocycles. The van der Waals surface area contributed by atoms with Gasteiger partial charge in [-0.15, -0.1) is 5.10 Å². The van der Waals surface area contributed by atoms with Gasteiger partial charge in [-0.05, 0) is 19.1 Å². The monoisotopic (exact) mass is 407 g/mol. The predicted octanol–water partition coefficient (Wildman–Crippen LogP) is 3.57. The lowest BCUT2D eigenvalue weighted by Crippen LogP contribution is -2.04. The van der Waals surface area contributed by atoms with E-state index < -0.39 is 0 Å². The third kappa shape index (κ3) is 3.30. The van der Waals surface area contributed by atoms with E-state index in [4.69, 9.17) is 14.2 Å². The number of anilines is 2. The molecular weight excluding hydrogens is 386 g/mol. The summed E-state index contributed by atoms with van der Waals surface area (Å²) in [6, 6.07) is 10.5. The summed E-state index contributed by atoms with van der Waals surface area (Å²) in [5, 5.41) is 18.0. The molecule has 0 atom stereocenters. The van der Waals surface area contributed by atoms with Crippen molar-refractivity contribution in [1.29, 1.82) is 0 Å². The highest BCUT2D eigenvalue weighted by atomic mass is 16.5. The third-order valence-electron chi connectivity index (χ3n) is 4.64. The Morgan fingerprint density at radius 3 is 2.33 bits per heavy atom. The van der Waals surface area contributed by atoms with Gasteiger partial charge in [0.15, 0.2) is 17.3 Å². The van der Waals surface area contributed by atoms with Crippen LogP contribution in [0.2, 0.25) is 0 Å². The highest BCUT2D eigenvalue weighted by Crippen LogP contribution is 2.40. The number of benzene rings is 2. The van der Waals surface area contributed by atoms with Gasteiger partial charge < -0.3 is 24.6 Å². The molecule has 4 rings (SSSR count). The van der Waals surface area contributed by atoms with Gasteiger partial charge in [0.05, 0.1) is 38.8 Å². The van der Waals surface area contributed by atoms with E-state index in [1.54, 1.807) is 62.4 Å². The fraction of sp³-hybridized carbons (Fsp3) is 0.190. The van der Waals surface area contributed by atoms with Crippen LogP contribution in [0.25, 0.3) is 16.9 Å². The number of nitrogens with one attached hydrogen (secondary N) is 1. The van der Waals surface area contributed by atoms with E-state index in [0.29, 0.717) is 40.3 Å². The van der Waals surface area contributed by atoms with Gasteiger partial charge in [-0.25, -0.2) is 14.5 Å². The van der Waals surface area contributed by atoms with Crippen molar-refractivity contribution in [3.05, 3.63) is 48.3 Å². The summed E-state index contributed by atoms with van der Waals surface area (Å²) in [5.41, 5.74) is 2.74. The zero-order valence-corrected chi connectivity index (χ0v) is 17.0. The molecule has 0 amide bonds. The molecule has 0 aliphatic heterocycles. The number of phenols is 1. The maximum atomic E-state index is 10.2. The highest BCUT2D eigenvalue weighted by molar-refractivity contribution is 5.70. The quantitative estimate of drug-likeness (QED) is 0.500. The zero-order valence-electron chi connectivity index (χ0n) is 17.0. The first kappa shape index (κ1) is 19.3. The first-order chi connectivity index (χ1) is 14.5. The van der Waals surface area contributed by atoms with Crippen LogP contribution in [0, 0.1) is 6.92 Å². The number of methoxy groups -OCH3 is 3. The topological polar surface area (TPSA) is 103 Å². The van der Waals surface area contributed by atoms with Crippen LogP contribution in [0.4, 0.5) is 11.6 Å². The molecule has 0 aliphatic carbocycles. The lowest BCUT2D eigenvalue weighted by molar-refractivity contribution is 0.324. The van der Waals surface area contributed by atoms with Crippen LogP contribution in [0.1, 0.15) is 5.69 Å². The van der Waals surface area contributed by atoms with Gasteiger partial charge >= 0.3 is 0 Å². The average molecular weight is 407 g/mol. The van der Waals surface area contributed by atoms with Crippen molar-refractivity contribution in [2.45, 2.75) is 6.92 Å². The summed E-state index contributed by atoms with van der Waals surface area (Å²) >= 11 is 0. The van der Waals surface area contributed by atoms with E-state index in [1.807, 2.05) is 13.0 Å². The van der Waals surface area contributed by atoms with Crippen LogP contribution >= 0.6 is 0 Å². The van der Waals surface area contributed by atoms with E-state index >= 15 is 0 Å². The Labute approximate surface area is 172 Å². The molecule has 2 heterocycles. The number of hydrogen-bond donors (Lipinski definition) is 2. The molecule has 0 unspecified atom stereocenters. The molecule has 0 spiro atoms. The van der Waals surface area contributed by atoms with E-state index in [-0.39, 0.29) is 5.75 Å². The summed E-state index contributed by atoms with van der Waals surface area (Å²) in [6.45, 7) is 1.87. The van der Waals surface area contributed by atoms with Crippen molar-refractivity contribution in [2.24, 2.45) is 0 Å². The maximum Gasteiger partial charge on any atom is 0.245 e. The normalized spacial score (nSPS) is 10.8. The summed E-state index contributed by atoms with van der Waals surface area (Å²) in [4.78, 5) is 8.95. The zero-order chi connectivity index (χ0) is 21.3. The molecule has 0 saturated carbocycles. The molecule has 0 bridgehead atoms. The smallest absolute Gasteiger partial charge is 0.245 e. The number of hydrogen-bond acceptors (Lipinski definition) is 8. The Balaban J connectivity index is 1.78. The first-order valence-electron chi connectivity index (χ1n) is 9.13. The van der Waals surface area contributed by atoms with Gasteiger partial charge in [0, 0.05) is 17.8 Å². The molecule has 4 aromatic rings. The van der Waals surface area contributed by atoms with Gasteiger partial charge in [-0.3, -0.25) is 0 Å². The number of nitrogens with zero attached hydrogens (tertiary/aromatic N) is 4. The second kappa shape index (κ2) is 7.78. The minimum absolute atomic E-state index is 0.127. The fourth-order valence-electron chi connectivity index (χ4n) is 3.20. The number of imidazole rings is 1. The van der Waals surface area contributed by atoms with Gasteiger partial charge in [-0.2, -0.15) is 0 Å². The van der Waals surface area contributed by atoms with Crippen LogP contribution in [-0.4, -0.2) is 46.0 Å². The SMILES string of the molecule is COc1cc(Nc2ncc3c(C)nc(-c4ccccc4O)n3n2)cc(OC)c1OC. The Kier molecular flexibility index (Phi) is 5.01. The number of aromatic nitrogens is 4. The number of fused-ring (bicyclic) bond motifs is 1. The van der Waals surface area contributed by atoms with E-state index in [1.165, 1.54) is 0 Å². The van der Waals surface area contributed by atoms with Crippen molar-refractivity contribution in [3.8, 4) is 34.4 Å². The van der Waals surface area contributed by atoms with E-state index in [0.717, 1.165) is 11.2 Å². The summed E-state index contributed by atoms with van der Waals surface area (Å²) in [6.07, 6.45) is 1.68. The number of aryl methyl sites for hydroxylation is 1. The number of aromatic hydroxyl groups is 1. The van der Waals surface area contributed by atoms with Crippen LogP contribution in [0.3, 0.4) is 0 Å². The fourth-order valence-corrected chi connectivity index (χ4v) is 3.20. The van der Waals surface area contributed by atoms with Gasteiger partial charge in [0.2, 0.25) is 11.7 Å². The molecule has 0 aliphatic rings. The van der Waals surface area contributed by atoms with Crippen molar-refractivity contribution in [1.82, 2.24) is 19.6 Å². The summed E-state index contributed by atoms with van der Waals surface area (Å²) < 4.78 is 17.8. The van der Waals surface area contributed by atoms with Crippen molar-refractivity contribution >= 4 is 17.2 Å². The molecule has 30 heavy (non-hydrogen) atoms. The number of ether oxygens (including phenoxy) is 3. The number of phenolic OH excluding ortho intramolecular Hbond substituents is 1. The Bertz CT molecular complexity index is 1200. The molecule has 0 fully saturated rings. The van der Waals surface area contributed by atoms with Crippen molar-refractivity contribution < 1.29 is 19.3 Å². The Morgan fingerprint density at radius 1 is 1.00 bits per heavy atom. The molecule has 154 valence electrons. The molecule has 9 heteroatoms. The van der Waals surface area contributed by atoms with Crippen molar-refractivity contribution in [3.63, 3.8) is 0 Å². The molecular formula is C21H21N5O4. The molecule has 0 saturated heterocycles. The van der Waals surface area contributed by atoms with Crippen LogP contribution < -0.4 is 19.5 Å². The lowest BCUT2D eigenvalue weighted by atomic mass is 10.2. The van der Waals surface area contributed by atoms with E-state index in [9.17, 15) is 5.11 Å². The second-order valence-corrected chi connectivity index (χ2v) is 6.46. The number of rotatable bonds is 6. The van der Waals surface area contributed by atoms with Crippen molar-refractivity contribution in [2.75, 3.05) is 26.6 Å². The second-order valence-electron chi connectivity index (χ2n) is 6.46. The third-order valence-corrected chi connectivity index (χ3v) is 4.64. The largest absolute Gasteiger partial charge is 0.507 e. The minimum Gasteiger partial charge on any atom is -0.507 e. The minimum atomic E-state index is 0.127. The number of para-hydroxylation sites is 1. The molecule has 0 radical (unpaired) electrons. The van der Waals surface area contributed by atoms with E-state index in [2.05, 4.69) is 20.4 Å². The summed E-state index contributed by atoms with van der Waals surface area (Å²) in [5.74, 6) is 2.50. The van der Waals surface area contributed by atoms with Crippen LogP contribution in [0.15, 0.2) is 42.6 Å². The molecule has 2 N–H and O–H groups in total. The Hall–Kier alpha value is -4.01. The van der Waals surface area contributed by atoms with Gasteiger partial charge in [0.25, 0.3) is 0 Å². The predicted molar refractivity (Wildman–Crippen MR) is 112 cm³/mol. The average Bonchev–Trinajstić information content (AvgIpc) is 3.09. The first-order valence-corrected chi connectivity index (χ1v) is 9.13. The van der Waals surface area contributed by atoms with Gasteiger partial charge in [-0.1, -0.05) is 12.1 Å². The molecule has 9 nitrogen and oxygen atoms in total. The lowest BCUT2D eigenvalue weighted by Gasteiger charge is -2.14. The Morgan fingerprint density at radius 2 is 1.70 bits per heavy atom. The van der Waals surface area contributed by atoms with Crippen LogP contribution in [-0.2, 0) is 0 Å². The van der Waals surface area contributed by atoms with Crippen LogP contribution in [0.5, 0.6) is 23.0 Å². The maximum absolute atomic E-state index is 10.2. The standard InChI is InChI=1S/C21H21N5O4/c1-12-15-11-22-21(24-13-9-17(28-2)19(30-4)18(10-13)29-3)25-26(15)20(23-12)14-7-5-6-8-16(14)27/h5-11,27H,1-4H3,(H,24,25). The molecule has 2 aromatic heterocycles. The summed E-state index contributed by atoms with van der Waals surface area (Å²) in [7, 11) is 4.65. The van der Waals surface area contributed by atoms with Gasteiger partial charge in [0.1, 0.15) is 11.3 Å². The highest BCUT2D eigenvalue weighted by Gasteiger charge is 2.17.